The van der Waals surface area contributed by atoms with Crippen LogP contribution in [-0.2, 0) is 26.2 Å². The van der Waals surface area contributed by atoms with Crippen LogP contribution in [0.4, 0.5) is 0 Å². The van der Waals surface area contributed by atoms with E-state index in [1.807, 2.05) is 68.4 Å². The standard InChI is InChI=1S/C26H31N3O4S/c1-19(2)27-26(31)20(3)29(17-21-10-6-5-7-11-21)25(30)18-28(4)34(32,33)24-15-14-22-12-8-9-13-23(22)16-24/h5-16,19-20H,17-18H2,1-4H3,(H,27,31)/t20-/m1/s1. The number of likely N-dealkylation sites (N-methyl/N-ethyl adjacent to an activating group) is 1. The minimum atomic E-state index is -3.91. The van der Waals surface area contributed by atoms with E-state index >= 15 is 0 Å². The van der Waals surface area contributed by atoms with Crippen LogP contribution in [0.15, 0.2) is 77.7 Å². The second-order valence-electron chi connectivity index (χ2n) is 8.62. The van der Waals surface area contributed by atoms with Crippen molar-refractivity contribution >= 4 is 32.6 Å². The van der Waals surface area contributed by atoms with Crippen molar-refractivity contribution < 1.29 is 18.0 Å². The van der Waals surface area contributed by atoms with E-state index in [2.05, 4.69) is 5.32 Å². The Kier molecular flexibility index (Phi) is 8.06. The molecule has 8 heteroatoms. The van der Waals surface area contributed by atoms with E-state index < -0.39 is 22.0 Å². The largest absolute Gasteiger partial charge is 0.352 e. The molecule has 0 heterocycles. The number of fused-ring (bicyclic) bond motifs is 1. The van der Waals surface area contributed by atoms with E-state index in [9.17, 15) is 18.0 Å². The number of hydrogen-bond acceptors (Lipinski definition) is 4. The monoisotopic (exact) mass is 481 g/mol. The smallest absolute Gasteiger partial charge is 0.243 e. The maximum absolute atomic E-state index is 13.3. The van der Waals surface area contributed by atoms with Crippen LogP contribution in [-0.4, -0.2) is 55.1 Å². The lowest BCUT2D eigenvalue weighted by Crippen LogP contribution is -2.51. The van der Waals surface area contributed by atoms with E-state index in [1.165, 1.54) is 11.9 Å². The van der Waals surface area contributed by atoms with Crippen LogP contribution in [0.1, 0.15) is 26.3 Å². The van der Waals surface area contributed by atoms with Gasteiger partial charge in [0, 0.05) is 19.6 Å². The second-order valence-corrected chi connectivity index (χ2v) is 10.7. The van der Waals surface area contributed by atoms with Gasteiger partial charge in [-0.3, -0.25) is 9.59 Å². The summed E-state index contributed by atoms with van der Waals surface area (Å²) in [7, 11) is -2.53. The van der Waals surface area contributed by atoms with Gasteiger partial charge in [-0.05, 0) is 49.2 Å². The molecule has 0 fully saturated rings. The number of amides is 2. The maximum atomic E-state index is 13.3. The number of sulfonamides is 1. The second kappa shape index (κ2) is 10.8. The van der Waals surface area contributed by atoms with E-state index in [1.54, 1.807) is 25.1 Å². The lowest BCUT2D eigenvalue weighted by molar-refractivity contribution is -0.140. The van der Waals surface area contributed by atoms with Gasteiger partial charge in [0.05, 0.1) is 11.4 Å². The summed E-state index contributed by atoms with van der Waals surface area (Å²) in [4.78, 5) is 27.5. The van der Waals surface area contributed by atoms with Gasteiger partial charge in [0.25, 0.3) is 0 Å². The zero-order chi connectivity index (χ0) is 24.9. The van der Waals surface area contributed by atoms with Crippen molar-refractivity contribution in [2.75, 3.05) is 13.6 Å². The molecule has 0 radical (unpaired) electrons. The summed E-state index contributed by atoms with van der Waals surface area (Å²) in [6.07, 6.45) is 0. The number of carbonyl (C=O) groups excluding carboxylic acids is 2. The molecule has 0 unspecified atom stereocenters. The summed E-state index contributed by atoms with van der Waals surface area (Å²) < 4.78 is 27.5. The average molecular weight is 482 g/mol. The van der Waals surface area contributed by atoms with Gasteiger partial charge in [-0.1, -0.05) is 60.7 Å². The molecule has 7 nitrogen and oxygen atoms in total. The van der Waals surface area contributed by atoms with Gasteiger partial charge in [-0.25, -0.2) is 8.42 Å². The third kappa shape index (κ3) is 6.01. The summed E-state index contributed by atoms with van der Waals surface area (Å²) in [5, 5.41) is 4.55. The van der Waals surface area contributed by atoms with Crippen molar-refractivity contribution in [3.8, 4) is 0 Å². The fourth-order valence-electron chi connectivity index (χ4n) is 3.64. The average Bonchev–Trinajstić information content (AvgIpc) is 2.81. The van der Waals surface area contributed by atoms with Gasteiger partial charge in [0.2, 0.25) is 21.8 Å². The Morgan fingerprint density at radius 1 is 0.882 bits per heavy atom. The molecule has 0 spiro atoms. The molecule has 0 aliphatic heterocycles. The predicted octanol–water partition coefficient (Wildman–Crippen LogP) is 3.40. The Morgan fingerprint density at radius 2 is 1.50 bits per heavy atom. The van der Waals surface area contributed by atoms with Crippen LogP contribution in [0.5, 0.6) is 0 Å². The molecule has 0 bridgehead atoms. The highest BCUT2D eigenvalue weighted by molar-refractivity contribution is 7.89. The van der Waals surface area contributed by atoms with Crippen LogP contribution in [0, 0.1) is 0 Å². The molecular weight excluding hydrogens is 450 g/mol. The Labute approximate surface area is 201 Å². The van der Waals surface area contributed by atoms with Crippen LogP contribution >= 0.6 is 0 Å². The molecule has 0 aliphatic carbocycles. The summed E-state index contributed by atoms with van der Waals surface area (Å²) >= 11 is 0. The van der Waals surface area contributed by atoms with E-state index in [4.69, 9.17) is 0 Å². The fourth-order valence-corrected chi connectivity index (χ4v) is 4.80. The lowest BCUT2D eigenvalue weighted by Gasteiger charge is -2.30. The maximum Gasteiger partial charge on any atom is 0.243 e. The van der Waals surface area contributed by atoms with Crippen LogP contribution in [0.3, 0.4) is 0 Å². The zero-order valence-electron chi connectivity index (χ0n) is 19.9. The van der Waals surface area contributed by atoms with Crippen molar-refractivity contribution in [1.29, 1.82) is 0 Å². The van der Waals surface area contributed by atoms with Gasteiger partial charge in [0.15, 0.2) is 0 Å². The number of nitrogens with zero attached hydrogens (tertiary/aromatic N) is 2. The van der Waals surface area contributed by atoms with Gasteiger partial charge in [-0.2, -0.15) is 4.31 Å². The molecule has 0 saturated carbocycles. The molecule has 180 valence electrons. The third-order valence-electron chi connectivity index (χ3n) is 5.58. The normalized spacial score (nSPS) is 12.6. The fraction of sp³-hybridized carbons (Fsp3) is 0.308. The van der Waals surface area contributed by atoms with E-state index in [-0.39, 0.29) is 29.9 Å². The first-order valence-electron chi connectivity index (χ1n) is 11.2. The highest BCUT2D eigenvalue weighted by atomic mass is 32.2. The molecule has 0 saturated heterocycles. The summed E-state index contributed by atoms with van der Waals surface area (Å²) in [6, 6.07) is 20.8. The highest BCUT2D eigenvalue weighted by Crippen LogP contribution is 2.21. The first-order chi connectivity index (χ1) is 16.1. The van der Waals surface area contributed by atoms with Gasteiger partial charge >= 0.3 is 0 Å². The zero-order valence-corrected chi connectivity index (χ0v) is 20.7. The number of rotatable bonds is 9. The Bertz CT molecular complexity index is 1260. The first kappa shape index (κ1) is 25.4. The minimum Gasteiger partial charge on any atom is -0.352 e. The van der Waals surface area contributed by atoms with Crippen LogP contribution in [0.25, 0.3) is 10.8 Å². The lowest BCUT2D eigenvalue weighted by atomic mass is 10.1. The third-order valence-corrected chi connectivity index (χ3v) is 7.38. The highest BCUT2D eigenvalue weighted by Gasteiger charge is 2.30. The van der Waals surface area contributed by atoms with Crippen LogP contribution < -0.4 is 5.32 Å². The van der Waals surface area contributed by atoms with E-state index in [0.717, 1.165) is 20.6 Å². The number of carbonyl (C=O) groups is 2. The first-order valence-corrected chi connectivity index (χ1v) is 12.6. The van der Waals surface area contributed by atoms with Crippen molar-refractivity contribution in [3.63, 3.8) is 0 Å². The molecule has 3 rings (SSSR count). The Morgan fingerprint density at radius 3 is 2.15 bits per heavy atom. The van der Waals surface area contributed by atoms with Crippen molar-refractivity contribution in [3.05, 3.63) is 78.4 Å². The molecule has 1 atom stereocenters. The minimum absolute atomic E-state index is 0.0837. The Balaban J connectivity index is 1.83. The topological polar surface area (TPSA) is 86.8 Å². The summed E-state index contributed by atoms with van der Waals surface area (Å²) in [5.74, 6) is -0.749. The molecule has 1 N–H and O–H groups in total. The summed E-state index contributed by atoms with van der Waals surface area (Å²) in [5.41, 5.74) is 0.847. The predicted molar refractivity (Wildman–Crippen MR) is 133 cm³/mol. The molecular formula is C26H31N3O4S. The molecule has 34 heavy (non-hydrogen) atoms. The van der Waals surface area contributed by atoms with E-state index in [0.29, 0.717) is 0 Å². The number of benzene rings is 3. The summed E-state index contributed by atoms with van der Waals surface area (Å²) in [6.45, 7) is 5.14. The molecule has 3 aromatic rings. The van der Waals surface area contributed by atoms with Gasteiger partial charge < -0.3 is 10.2 Å². The molecule has 0 aromatic heterocycles. The van der Waals surface area contributed by atoms with Crippen molar-refractivity contribution in [2.24, 2.45) is 0 Å². The quantitative estimate of drug-likeness (QED) is 0.508. The number of nitrogens with one attached hydrogen (secondary N) is 1. The van der Waals surface area contributed by atoms with Crippen molar-refractivity contribution in [2.45, 2.75) is 44.3 Å². The van der Waals surface area contributed by atoms with Gasteiger partial charge in [0.1, 0.15) is 6.04 Å². The van der Waals surface area contributed by atoms with Crippen LogP contribution in [0.2, 0.25) is 0 Å². The Hall–Kier alpha value is -3.23. The number of hydrogen-bond donors (Lipinski definition) is 1. The molecule has 0 aliphatic rings. The van der Waals surface area contributed by atoms with Gasteiger partial charge in [-0.15, -0.1) is 0 Å². The van der Waals surface area contributed by atoms with Crippen molar-refractivity contribution in [1.82, 2.24) is 14.5 Å². The molecule has 3 aromatic carbocycles. The SMILES string of the molecule is CC(C)NC(=O)[C@@H](C)N(Cc1ccccc1)C(=O)CN(C)S(=O)(=O)c1ccc2ccccc2c1. The molecule has 2 amide bonds.